The molecule has 1 aliphatic carbocycles. The second-order valence-corrected chi connectivity index (χ2v) is 7.43. The lowest BCUT2D eigenvalue weighted by atomic mass is 10.2. The molecular weight excluding hydrogens is 396 g/mol. The van der Waals surface area contributed by atoms with Crippen LogP contribution in [0.2, 0.25) is 5.15 Å². The zero-order valence-electron chi connectivity index (χ0n) is 16.1. The lowest BCUT2D eigenvalue weighted by molar-refractivity contribution is 0.166. The number of aryl methyl sites for hydroxylation is 1. The minimum Gasteiger partial charge on any atom is -0.453 e. The average molecular weight is 417 g/mol. The normalized spacial score (nSPS) is 18.7. The predicted octanol–water partition coefficient (Wildman–Crippen LogP) is 2.98. The minimum absolute atomic E-state index is 0.0205. The Balaban J connectivity index is 1.66. The molecule has 0 aliphatic heterocycles. The quantitative estimate of drug-likeness (QED) is 0.634. The molecule has 152 valence electrons. The smallest absolute Gasteiger partial charge is 0.407 e. The Morgan fingerprint density at radius 2 is 2.10 bits per heavy atom. The van der Waals surface area contributed by atoms with Crippen LogP contribution < -0.4 is 16.3 Å². The highest BCUT2D eigenvalue weighted by molar-refractivity contribution is 6.29. The summed E-state index contributed by atoms with van der Waals surface area (Å²) >= 11 is 5.94. The fraction of sp³-hybridized carbons (Fsp3) is 0.368. The molecule has 1 aliphatic rings. The van der Waals surface area contributed by atoms with Gasteiger partial charge in [0.2, 0.25) is 0 Å². The van der Waals surface area contributed by atoms with Crippen molar-refractivity contribution in [2.75, 3.05) is 12.4 Å². The van der Waals surface area contributed by atoms with Gasteiger partial charge >= 0.3 is 11.8 Å². The molecule has 2 N–H and O–H groups in total. The number of nitrogens with one attached hydrogen (secondary N) is 2. The highest BCUT2D eigenvalue weighted by Gasteiger charge is 2.30. The first kappa shape index (κ1) is 19.3. The maximum absolute atomic E-state index is 12.9. The topological polar surface area (TPSA) is 103 Å². The van der Waals surface area contributed by atoms with Gasteiger partial charge in [-0.3, -0.25) is 9.13 Å². The first-order valence-corrected chi connectivity index (χ1v) is 9.65. The van der Waals surface area contributed by atoms with E-state index in [-0.39, 0.29) is 17.8 Å². The number of hydrogen-bond donors (Lipinski definition) is 2. The van der Waals surface area contributed by atoms with Crippen LogP contribution in [0.5, 0.6) is 0 Å². The summed E-state index contributed by atoms with van der Waals surface area (Å²) < 4.78 is 8.05. The monoisotopic (exact) mass is 416 g/mol. The third-order valence-electron chi connectivity index (χ3n) is 5.22. The van der Waals surface area contributed by atoms with Gasteiger partial charge < -0.3 is 15.4 Å². The van der Waals surface area contributed by atoms with Crippen molar-refractivity contribution in [1.82, 2.24) is 24.4 Å². The molecular formula is C19H21ClN6O3. The van der Waals surface area contributed by atoms with E-state index in [1.807, 2.05) is 6.07 Å². The molecule has 0 aromatic carbocycles. The van der Waals surface area contributed by atoms with Gasteiger partial charge in [0.05, 0.1) is 24.3 Å². The van der Waals surface area contributed by atoms with Crippen LogP contribution in [-0.4, -0.2) is 38.3 Å². The summed E-state index contributed by atoms with van der Waals surface area (Å²) in [6.45, 7) is 0. The summed E-state index contributed by atoms with van der Waals surface area (Å²) in [5, 5.41) is 6.32. The standard InChI is InChI=1S/C19H21ClN6O3/c1-25-14-10-21-17(24-16-5-3-4-15(20)23-16)9-13(14)26(19(25)28)12-7-6-11(8-12)22-18(27)29-2/h3-5,9-12H,6-8H2,1-2H3,(H,22,27)(H,21,23,24)/t11-,12-/m1/s1. The molecule has 9 nitrogen and oxygen atoms in total. The first-order valence-electron chi connectivity index (χ1n) is 9.27. The van der Waals surface area contributed by atoms with Crippen molar-refractivity contribution in [1.29, 1.82) is 0 Å². The van der Waals surface area contributed by atoms with Gasteiger partial charge in [0.1, 0.15) is 16.8 Å². The Bertz CT molecular complexity index is 1120. The molecule has 1 fully saturated rings. The van der Waals surface area contributed by atoms with Crippen molar-refractivity contribution in [2.24, 2.45) is 7.05 Å². The lowest BCUT2D eigenvalue weighted by Crippen LogP contribution is -2.33. The van der Waals surface area contributed by atoms with E-state index in [1.54, 1.807) is 40.6 Å². The fourth-order valence-electron chi connectivity index (χ4n) is 3.84. The number of aromatic nitrogens is 4. The van der Waals surface area contributed by atoms with Gasteiger partial charge in [0.25, 0.3) is 0 Å². The van der Waals surface area contributed by atoms with Crippen LogP contribution in [0.3, 0.4) is 0 Å². The molecule has 0 bridgehead atoms. The molecule has 0 radical (unpaired) electrons. The van der Waals surface area contributed by atoms with Gasteiger partial charge in [-0.15, -0.1) is 0 Å². The summed E-state index contributed by atoms with van der Waals surface area (Å²) in [5.41, 5.74) is 1.41. The van der Waals surface area contributed by atoms with E-state index >= 15 is 0 Å². The second-order valence-electron chi connectivity index (χ2n) is 7.04. The van der Waals surface area contributed by atoms with Gasteiger partial charge in [-0.25, -0.2) is 19.6 Å². The van der Waals surface area contributed by atoms with Crippen molar-refractivity contribution < 1.29 is 9.53 Å². The van der Waals surface area contributed by atoms with E-state index in [9.17, 15) is 9.59 Å². The van der Waals surface area contributed by atoms with Crippen LogP contribution in [0.15, 0.2) is 35.3 Å². The molecule has 4 rings (SSSR count). The van der Waals surface area contributed by atoms with E-state index in [0.717, 1.165) is 23.9 Å². The number of amides is 1. The van der Waals surface area contributed by atoms with Crippen LogP contribution in [0.1, 0.15) is 25.3 Å². The summed E-state index contributed by atoms with van der Waals surface area (Å²) in [5.74, 6) is 1.13. The van der Waals surface area contributed by atoms with Crippen molar-refractivity contribution in [3.8, 4) is 0 Å². The van der Waals surface area contributed by atoms with Gasteiger partial charge in [-0.05, 0) is 31.4 Å². The van der Waals surface area contributed by atoms with Gasteiger partial charge in [0.15, 0.2) is 0 Å². The molecule has 29 heavy (non-hydrogen) atoms. The number of anilines is 2. The van der Waals surface area contributed by atoms with Crippen LogP contribution in [-0.2, 0) is 11.8 Å². The number of carbonyl (C=O) groups is 1. The number of ether oxygens (including phenoxy) is 1. The second kappa shape index (κ2) is 7.75. The molecule has 0 spiro atoms. The Kier molecular flexibility index (Phi) is 5.14. The Labute approximate surface area is 171 Å². The fourth-order valence-corrected chi connectivity index (χ4v) is 4.00. The number of fused-ring (bicyclic) bond motifs is 1. The van der Waals surface area contributed by atoms with Crippen molar-refractivity contribution in [3.63, 3.8) is 0 Å². The van der Waals surface area contributed by atoms with Crippen LogP contribution in [0.4, 0.5) is 16.4 Å². The van der Waals surface area contributed by atoms with E-state index < -0.39 is 6.09 Å². The molecule has 2 atom stereocenters. The number of alkyl carbamates (subject to hydrolysis) is 1. The average Bonchev–Trinajstić information content (AvgIpc) is 3.24. The van der Waals surface area contributed by atoms with Crippen LogP contribution >= 0.6 is 11.6 Å². The summed E-state index contributed by atoms with van der Waals surface area (Å²) in [6.07, 6.45) is 3.44. The number of carbonyl (C=O) groups excluding carboxylic acids is 1. The molecule has 3 aromatic rings. The SMILES string of the molecule is COC(=O)N[C@@H]1CC[C@@H](n2c(=O)n(C)c3cnc(Nc4cccc(Cl)n4)cc32)C1. The lowest BCUT2D eigenvalue weighted by Gasteiger charge is -2.14. The molecule has 3 aromatic heterocycles. The Morgan fingerprint density at radius 3 is 2.86 bits per heavy atom. The molecule has 0 saturated heterocycles. The predicted molar refractivity (Wildman–Crippen MR) is 110 cm³/mol. The van der Waals surface area contributed by atoms with Gasteiger partial charge in [-0.2, -0.15) is 0 Å². The Morgan fingerprint density at radius 1 is 1.28 bits per heavy atom. The maximum atomic E-state index is 12.9. The Hall–Kier alpha value is -3.07. The number of pyridine rings is 2. The number of imidazole rings is 1. The third kappa shape index (κ3) is 3.77. The highest BCUT2D eigenvalue weighted by Crippen LogP contribution is 2.32. The summed E-state index contributed by atoms with van der Waals surface area (Å²) in [4.78, 5) is 33.0. The van der Waals surface area contributed by atoms with Gasteiger partial charge in [-0.1, -0.05) is 17.7 Å². The zero-order chi connectivity index (χ0) is 20.5. The first-order chi connectivity index (χ1) is 14.0. The van der Waals surface area contributed by atoms with E-state index in [2.05, 4.69) is 25.3 Å². The number of rotatable bonds is 4. The number of methoxy groups -OCH3 is 1. The minimum atomic E-state index is -0.453. The number of hydrogen-bond acceptors (Lipinski definition) is 6. The summed E-state index contributed by atoms with van der Waals surface area (Å²) in [7, 11) is 3.07. The van der Waals surface area contributed by atoms with Crippen molar-refractivity contribution in [3.05, 3.63) is 46.1 Å². The third-order valence-corrected chi connectivity index (χ3v) is 5.43. The largest absolute Gasteiger partial charge is 0.453 e. The molecule has 0 unspecified atom stereocenters. The van der Waals surface area contributed by atoms with Crippen molar-refractivity contribution >= 4 is 40.4 Å². The molecule has 1 amide bonds. The van der Waals surface area contributed by atoms with E-state index in [0.29, 0.717) is 23.2 Å². The zero-order valence-corrected chi connectivity index (χ0v) is 16.8. The molecule has 3 heterocycles. The summed E-state index contributed by atoms with van der Waals surface area (Å²) in [6, 6.07) is 7.06. The highest BCUT2D eigenvalue weighted by atomic mass is 35.5. The van der Waals surface area contributed by atoms with Crippen molar-refractivity contribution in [2.45, 2.75) is 31.3 Å². The van der Waals surface area contributed by atoms with Gasteiger partial charge in [0, 0.05) is 25.2 Å². The molecule has 10 heteroatoms. The molecule has 1 saturated carbocycles. The van der Waals surface area contributed by atoms with Crippen LogP contribution in [0, 0.1) is 0 Å². The van der Waals surface area contributed by atoms with E-state index in [1.165, 1.54) is 7.11 Å². The maximum Gasteiger partial charge on any atom is 0.407 e. The number of nitrogens with zero attached hydrogens (tertiary/aromatic N) is 4. The number of halogens is 1. The van der Waals surface area contributed by atoms with E-state index in [4.69, 9.17) is 11.6 Å². The van der Waals surface area contributed by atoms with Crippen LogP contribution in [0.25, 0.3) is 11.0 Å².